The first-order valence-electron chi connectivity index (χ1n) is 6.61. The van der Waals surface area contributed by atoms with Gasteiger partial charge in [-0.1, -0.05) is 0 Å². The fraction of sp³-hybridized carbons (Fsp3) is 0.385. The average molecular weight is 361 g/mol. The number of aromatic hydroxyl groups is 1. The molecule has 0 radical (unpaired) electrons. The molecular weight excluding hydrogens is 344 g/mol. The first-order chi connectivity index (χ1) is 10.3. The zero-order valence-electron chi connectivity index (χ0n) is 12.8. The minimum atomic E-state index is -3.67. The number of hydrogen-bond acceptors (Lipinski definition) is 6. The van der Waals surface area contributed by atoms with Gasteiger partial charge >= 0.3 is 0 Å². The van der Waals surface area contributed by atoms with Crippen molar-refractivity contribution < 1.29 is 13.5 Å². The summed E-state index contributed by atoms with van der Waals surface area (Å²) in [5.74, 6) is -0.346. The van der Waals surface area contributed by atoms with Crippen LogP contribution in [0.5, 0.6) is 5.88 Å². The van der Waals surface area contributed by atoms with Crippen LogP contribution in [0.2, 0.25) is 0 Å². The summed E-state index contributed by atoms with van der Waals surface area (Å²) in [6.45, 7) is 1.01. The SMILES string of the molecule is CN1Cc2c(S(=O)(=O)N(C)C)cc3c(N=O)c(O)[nH]c3c2C1.Cl. The molecule has 0 aliphatic carbocycles. The largest absolute Gasteiger partial charge is 0.493 e. The van der Waals surface area contributed by atoms with Crippen molar-refractivity contribution in [2.75, 3.05) is 21.1 Å². The van der Waals surface area contributed by atoms with Crippen molar-refractivity contribution in [1.29, 1.82) is 0 Å². The Morgan fingerprint density at radius 1 is 1.30 bits per heavy atom. The number of fused-ring (bicyclic) bond motifs is 3. The van der Waals surface area contributed by atoms with Crippen LogP contribution in [0.25, 0.3) is 10.9 Å². The van der Waals surface area contributed by atoms with Gasteiger partial charge in [-0.3, -0.25) is 4.90 Å². The van der Waals surface area contributed by atoms with Crippen LogP contribution < -0.4 is 0 Å². The number of rotatable bonds is 3. The van der Waals surface area contributed by atoms with Crippen LogP contribution in [0.3, 0.4) is 0 Å². The predicted molar refractivity (Wildman–Crippen MR) is 88.7 cm³/mol. The molecule has 0 saturated carbocycles. The number of aromatic nitrogens is 1. The molecule has 1 aliphatic heterocycles. The molecule has 10 heteroatoms. The summed E-state index contributed by atoms with van der Waals surface area (Å²) >= 11 is 0. The lowest BCUT2D eigenvalue weighted by Crippen LogP contribution is -2.23. The first-order valence-corrected chi connectivity index (χ1v) is 8.05. The monoisotopic (exact) mass is 360 g/mol. The van der Waals surface area contributed by atoms with Crippen molar-refractivity contribution in [3.63, 3.8) is 0 Å². The van der Waals surface area contributed by atoms with Gasteiger partial charge in [-0.25, -0.2) is 12.7 Å². The zero-order chi connectivity index (χ0) is 16.2. The molecule has 2 aromatic rings. The molecule has 3 rings (SSSR count). The Bertz CT molecular complexity index is 891. The molecule has 2 heterocycles. The zero-order valence-corrected chi connectivity index (χ0v) is 14.5. The summed E-state index contributed by atoms with van der Waals surface area (Å²) in [5, 5.41) is 13.0. The predicted octanol–water partition coefficient (Wildman–Crippen LogP) is 1.89. The standard InChI is InChI=1S/C13H16N4O4S.ClH/c1-16(2)22(20,21)10-4-7-11(14-13(18)12(7)15-19)9-6-17(3)5-8(9)10;/h4,14,18H,5-6H2,1-3H3;1H. The number of nitroso groups, excluding NO2 is 1. The average Bonchev–Trinajstić information content (AvgIpc) is 2.96. The van der Waals surface area contributed by atoms with Gasteiger partial charge in [0.1, 0.15) is 0 Å². The number of aromatic amines is 1. The third-order valence-electron chi connectivity index (χ3n) is 3.94. The Balaban J connectivity index is 0.00000192. The van der Waals surface area contributed by atoms with Crippen LogP contribution in [0.1, 0.15) is 11.1 Å². The Morgan fingerprint density at radius 3 is 2.48 bits per heavy atom. The maximum absolute atomic E-state index is 12.6. The van der Waals surface area contributed by atoms with Crippen molar-refractivity contribution in [3.8, 4) is 5.88 Å². The van der Waals surface area contributed by atoms with Gasteiger partial charge in [0, 0.05) is 32.6 Å². The fourth-order valence-corrected chi connectivity index (χ4v) is 4.01. The summed E-state index contributed by atoms with van der Waals surface area (Å²) in [6, 6.07) is 1.41. The lowest BCUT2D eigenvalue weighted by Gasteiger charge is -2.15. The first kappa shape index (κ1) is 17.7. The second-order valence-corrected chi connectivity index (χ2v) is 7.75. The van der Waals surface area contributed by atoms with Crippen molar-refractivity contribution in [3.05, 3.63) is 22.1 Å². The third-order valence-corrected chi connectivity index (χ3v) is 5.82. The molecule has 126 valence electrons. The molecule has 8 nitrogen and oxygen atoms in total. The number of sulfonamides is 1. The van der Waals surface area contributed by atoms with Crippen LogP contribution in [-0.4, -0.2) is 48.9 Å². The summed E-state index contributed by atoms with van der Waals surface area (Å²) in [6.07, 6.45) is 0. The number of nitrogens with one attached hydrogen (secondary N) is 1. The fourth-order valence-electron chi connectivity index (χ4n) is 2.85. The highest BCUT2D eigenvalue weighted by molar-refractivity contribution is 7.89. The van der Waals surface area contributed by atoms with Gasteiger partial charge in [-0.05, 0) is 29.4 Å². The van der Waals surface area contributed by atoms with E-state index >= 15 is 0 Å². The van der Waals surface area contributed by atoms with Gasteiger partial charge in [0.05, 0.1) is 10.4 Å². The minimum Gasteiger partial charge on any atom is -0.493 e. The van der Waals surface area contributed by atoms with E-state index < -0.39 is 10.0 Å². The number of hydrogen-bond donors (Lipinski definition) is 2. The molecule has 0 atom stereocenters. The summed E-state index contributed by atoms with van der Waals surface area (Å²) < 4.78 is 26.3. The van der Waals surface area contributed by atoms with Crippen molar-refractivity contribution in [2.24, 2.45) is 5.18 Å². The van der Waals surface area contributed by atoms with Crippen LogP contribution in [0, 0.1) is 4.91 Å². The highest BCUT2D eigenvalue weighted by Gasteiger charge is 2.31. The van der Waals surface area contributed by atoms with Gasteiger partial charge in [-0.2, -0.15) is 0 Å². The number of benzene rings is 1. The molecule has 2 N–H and O–H groups in total. The Morgan fingerprint density at radius 2 is 1.91 bits per heavy atom. The lowest BCUT2D eigenvalue weighted by molar-refractivity contribution is 0.352. The molecule has 1 aromatic heterocycles. The maximum Gasteiger partial charge on any atom is 0.242 e. The molecule has 0 amide bonds. The topological polar surface area (TPSA) is 106 Å². The van der Waals surface area contributed by atoms with Gasteiger partial charge in [0.15, 0.2) is 5.69 Å². The molecule has 0 fully saturated rings. The van der Waals surface area contributed by atoms with Gasteiger partial charge in [0.2, 0.25) is 15.9 Å². The minimum absolute atomic E-state index is 0. The second-order valence-electron chi connectivity index (χ2n) is 5.63. The van der Waals surface area contributed by atoms with Crippen molar-refractivity contribution >= 4 is 39.0 Å². The van der Waals surface area contributed by atoms with Crippen molar-refractivity contribution in [1.82, 2.24) is 14.2 Å². The van der Waals surface area contributed by atoms with Gasteiger partial charge in [0.25, 0.3) is 0 Å². The van der Waals surface area contributed by atoms with E-state index in [-0.39, 0.29) is 28.9 Å². The summed E-state index contributed by atoms with van der Waals surface area (Å²) in [5.41, 5.74) is 1.85. The molecule has 1 aliphatic rings. The smallest absolute Gasteiger partial charge is 0.242 e. The highest BCUT2D eigenvalue weighted by atomic mass is 35.5. The van der Waals surface area contributed by atoms with Crippen LogP contribution in [-0.2, 0) is 23.1 Å². The summed E-state index contributed by atoms with van der Waals surface area (Å²) in [7, 11) is 1.12. The molecule has 0 spiro atoms. The van der Waals surface area contributed by atoms with E-state index in [9.17, 15) is 18.4 Å². The van der Waals surface area contributed by atoms with Crippen LogP contribution in [0.15, 0.2) is 16.1 Å². The maximum atomic E-state index is 12.6. The summed E-state index contributed by atoms with van der Waals surface area (Å²) in [4.78, 5) is 15.8. The molecule has 0 saturated heterocycles. The second kappa shape index (κ2) is 5.75. The lowest BCUT2D eigenvalue weighted by atomic mass is 10.1. The number of H-pyrrole nitrogens is 1. The van der Waals surface area contributed by atoms with Crippen molar-refractivity contribution in [2.45, 2.75) is 18.0 Å². The Hall–Kier alpha value is -1.68. The Labute approximate surface area is 139 Å². The van der Waals surface area contributed by atoms with Crippen LogP contribution in [0.4, 0.5) is 5.69 Å². The molecule has 0 bridgehead atoms. The quantitative estimate of drug-likeness (QED) is 0.813. The van der Waals surface area contributed by atoms with E-state index in [2.05, 4.69) is 10.2 Å². The molecule has 23 heavy (non-hydrogen) atoms. The van der Waals surface area contributed by atoms with E-state index in [0.717, 1.165) is 9.87 Å². The van der Waals surface area contributed by atoms with E-state index in [1.807, 2.05) is 11.9 Å². The van der Waals surface area contributed by atoms with E-state index in [1.165, 1.54) is 20.2 Å². The number of halogens is 1. The molecule has 1 aromatic carbocycles. The van der Waals surface area contributed by atoms with Gasteiger partial charge in [-0.15, -0.1) is 17.3 Å². The molecular formula is C13H17ClN4O4S. The van der Waals surface area contributed by atoms with E-state index in [1.54, 1.807) is 0 Å². The molecule has 0 unspecified atom stereocenters. The Kier molecular flexibility index (Phi) is 4.42. The van der Waals surface area contributed by atoms with E-state index in [0.29, 0.717) is 29.6 Å². The third kappa shape index (κ3) is 2.49. The highest BCUT2D eigenvalue weighted by Crippen LogP contribution is 2.42. The van der Waals surface area contributed by atoms with Crippen LogP contribution >= 0.6 is 12.4 Å². The normalized spacial score (nSPS) is 15.0. The van der Waals surface area contributed by atoms with E-state index in [4.69, 9.17) is 0 Å². The van der Waals surface area contributed by atoms with Gasteiger partial charge < -0.3 is 10.1 Å². The number of nitrogens with zero attached hydrogens (tertiary/aromatic N) is 3.